The average molecular weight is 273 g/mol. The number of carbonyl (C=O) groups is 2. The number of aromatic amines is 1. The lowest BCUT2D eigenvalue weighted by atomic mass is 10.1. The van der Waals surface area contributed by atoms with E-state index in [0.717, 1.165) is 10.9 Å². The molecule has 104 valence electrons. The first-order chi connectivity index (χ1) is 9.65. The maximum Gasteiger partial charge on any atom is 0.306 e. The van der Waals surface area contributed by atoms with Crippen LogP contribution >= 0.6 is 0 Å². The summed E-state index contributed by atoms with van der Waals surface area (Å²) in [7, 11) is 0. The number of nitrogens with zero attached hydrogens (tertiary/aromatic N) is 1. The molecule has 2 atom stereocenters. The SMILES string of the molecule is O=C(N[C@@H]1CC[C@H](C(=O)O)C1)c1n[nH]c2ccccc12. The lowest BCUT2D eigenvalue weighted by molar-refractivity contribution is -0.141. The van der Waals surface area contributed by atoms with Crippen molar-refractivity contribution in [3.8, 4) is 0 Å². The van der Waals surface area contributed by atoms with Gasteiger partial charge in [-0.15, -0.1) is 0 Å². The van der Waals surface area contributed by atoms with E-state index in [1.54, 1.807) is 0 Å². The van der Waals surface area contributed by atoms with E-state index in [2.05, 4.69) is 15.5 Å². The molecule has 1 aliphatic carbocycles. The molecular formula is C14H15N3O3. The van der Waals surface area contributed by atoms with Gasteiger partial charge in [-0.05, 0) is 25.3 Å². The van der Waals surface area contributed by atoms with Gasteiger partial charge in [-0.1, -0.05) is 18.2 Å². The van der Waals surface area contributed by atoms with Crippen LogP contribution in [0, 0.1) is 5.92 Å². The zero-order valence-electron chi connectivity index (χ0n) is 10.8. The second kappa shape index (κ2) is 4.96. The molecule has 1 heterocycles. The van der Waals surface area contributed by atoms with Crippen LogP contribution in [-0.4, -0.2) is 33.2 Å². The Morgan fingerprint density at radius 2 is 2.10 bits per heavy atom. The summed E-state index contributed by atoms with van der Waals surface area (Å²) in [6.07, 6.45) is 1.80. The van der Waals surface area contributed by atoms with Gasteiger partial charge in [0.2, 0.25) is 0 Å². The minimum absolute atomic E-state index is 0.0842. The number of benzene rings is 1. The molecule has 3 rings (SSSR count). The fourth-order valence-corrected chi connectivity index (χ4v) is 2.73. The minimum atomic E-state index is -0.785. The maximum absolute atomic E-state index is 12.2. The number of H-pyrrole nitrogens is 1. The summed E-state index contributed by atoms with van der Waals surface area (Å²) in [6, 6.07) is 7.33. The van der Waals surface area contributed by atoms with Crippen LogP contribution in [0.15, 0.2) is 24.3 Å². The number of hydrogen-bond acceptors (Lipinski definition) is 3. The summed E-state index contributed by atoms with van der Waals surface area (Å²) in [5.74, 6) is -1.39. The summed E-state index contributed by atoms with van der Waals surface area (Å²) in [5.41, 5.74) is 1.17. The number of amides is 1. The van der Waals surface area contributed by atoms with Gasteiger partial charge in [0.1, 0.15) is 0 Å². The number of nitrogens with one attached hydrogen (secondary N) is 2. The molecule has 0 unspecified atom stereocenters. The van der Waals surface area contributed by atoms with Crippen LogP contribution in [0.3, 0.4) is 0 Å². The van der Waals surface area contributed by atoms with E-state index in [1.807, 2.05) is 24.3 Å². The number of fused-ring (bicyclic) bond motifs is 1. The van der Waals surface area contributed by atoms with Crippen LogP contribution < -0.4 is 5.32 Å². The zero-order chi connectivity index (χ0) is 14.1. The number of aromatic nitrogens is 2. The Bertz CT molecular complexity index is 664. The van der Waals surface area contributed by atoms with Gasteiger partial charge >= 0.3 is 5.97 Å². The topological polar surface area (TPSA) is 95.1 Å². The number of rotatable bonds is 3. The van der Waals surface area contributed by atoms with Crippen molar-refractivity contribution in [1.82, 2.24) is 15.5 Å². The van der Waals surface area contributed by atoms with Gasteiger partial charge in [-0.3, -0.25) is 14.7 Å². The Labute approximate surface area is 115 Å². The molecule has 0 spiro atoms. The van der Waals surface area contributed by atoms with E-state index in [4.69, 9.17) is 5.11 Å². The van der Waals surface area contributed by atoms with Crippen molar-refractivity contribution in [1.29, 1.82) is 0 Å². The van der Waals surface area contributed by atoms with E-state index < -0.39 is 5.97 Å². The highest BCUT2D eigenvalue weighted by Gasteiger charge is 2.31. The Kier molecular flexibility index (Phi) is 3.14. The van der Waals surface area contributed by atoms with Crippen LogP contribution in [0.4, 0.5) is 0 Å². The third-order valence-electron chi connectivity index (χ3n) is 3.80. The number of para-hydroxylation sites is 1. The third kappa shape index (κ3) is 2.24. The summed E-state index contributed by atoms with van der Waals surface area (Å²) in [5, 5.41) is 19.5. The molecule has 6 nitrogen and oxygen atoms in total. The van der Waals surface area contributed by atoms with Crippen molar-refractivity contribution in [2.24, 2.45) is 5.92 Å². The number of carboxylic acids is 1. The van der Waals surface area contributed by atoms with Crippen LogP contribution in [0.1, 0.15) is 29.8 Å². The number of carboxylic acid groups (broad SMARTS) is 1. The zero-order valence-corrected chi connectivity index (χ0v) is 10.8. The van der Waals surface area contributed by atoms with E-state index >= 15 is 0 Å². The van der Waals surface area contributed by atoms with Crippen molar-refractivity contribution < 1.29 is 14.7 Å². The van der Waals surface area contributed by atoms with Crippen molar-refractivity contribution in [2.75, 3.05) is 0 Å². The Morgan fingerprint density at radius 1 is 1.30 bits per heavy atom. The summed E-state index contributed by atoms with van der Waals surface area (Å²) >= 11 is 0. The molecule has 20 heavy (non-hydrogen) atoms. The van der Waals surface area contributed by atoms with Crippen LogP contribution in [0.2, 0.25) is 0 Å². The predicted molar refractivity (Wildman–Crippen MR) is 72.3 cm³/mol. The quantitative estimate of drug-likeness (QED) is 0.790. The Balaban J connectivity index is 1.73. The summed E-state index contributed by atoms with van der Waals surface area (Å²) < 4.78 is 0. The molecule has 0 bridgehead atoms. The standard InChI is InChI=1S/C14H15N3O3/c18-13(15-9-6-5-8(7-9)14(19)20)12-10-3-1-2-4-11(10)16-17-12/h1-4,8-9H,5-7H2,(H,15,18)(H,16,17)(H,19,20)/t8-,9+/m0/s1. The molecule has 0 radical (unpaired) electrons. The highest BCUT2D eigenvalue weighted by atomic mass is 16.4. The fourth-order valence-electron chi connectivity index (χ4n) is 2.73. The Morgan fingerprint density at radius 3 is 2.85 bits per heavy atom. The first-order valence-electron chi connectivity index (χ1n) is 6.62. The van der Waals surface area contributed by atoms with Crippen LogP contribution in [-0.2, 0) is 4.79 Å². The molecule has 0 saturated heterocycles. The van der Waals surface area contributed by atoms with Gasteiger partial charge in [0.05, 0.1) is 11.4 Å². The first-order valence-corrected chi connectivity index (χ1v) is 6.62. The molecule has 1 aliphatic rings. The van der Waals surface area contributed by atoms with E-state index in [1.165, 1.54) is 0 Å². The first kappa shape index (κ1) is 12.7. The van der Waals surface area contributed by atoms with Gasteiger partial charge in [-0.25, -0.2) is 0 Å². The second-order valence-corrected chi connectivity index (χ2v) is 5.14. The third-order valence-corrected chi connectivity index (χ3v) is 3.80. The molecule has 1 amide bonds. The Hall–Kier alpha value is -2.37. The molecule has 1 fully saturated rings. The van der Waals surface area contributed by atoms with Gasteiger partial charge in [0, 0.05) is 11.4 Å². The smallest absolute Gasteiger partial charge is 0.306 e. The minimum Gasteiger partial charge on any atom is -0.481 e. The number of aliphatic carboxylic acids is 1. The van der Waals surface area contributed by atoms with E-state index in [0.29, 0.717) is 25.0 Å². The van der Waals surface area contributed by atoms with Crippen LogP contribution in [0.5, 0.6) is 0 Å². The van der Waals surface area contributed by atoms with Gasteiger partial charge in [0.25, 0.3) is 5.91 Å². The number of carbonyl (C=O) groups excluding carboxylic acids is 1. The molecule has 1 aromatic heterocycles. The van der Waals surface area contributed by atoms with Crippen molar-refractivity contribution >= 4 is 22.8 Å². The normalized spacial score (nSPS) is 22.0. The lowest BCUT2D eigenvalue weighted by Crippen LogP contribution is -2.33. The molecule has 1 aromatic carbocycles. The second-order valence-electron chi connectivity index (χ2n) is 5.14. The molecule has 1 saturated carbocycles. The van der Waals surface area contributed by atoms with Crippen LogP contribution in [0.25, 0.3) is 10.9 Å². The van der Waals surface area contributed by atoms with Crippen molar-refractivity contribution in [2.45, 2.75) is 25.3 Å². The highest BCUT2D eigenvalue weighted by molar-refractivity contribution is 6.04. The maximum atomic E-state index is 12.2. The monoisotopic (exact) mass is 273 g/mol. The molecule has 2 aromatic rings. The molecular weight excluding hydrogens is 258 g/mol. The number of hydrogen-bond donors (Lipinski definition) is 3. The summed E-state index contributed by atoms with van der Waals surface area (Å²) in [6.45, 7) is 0. The van der Waals surface area contributed by atoms with Gasteiger partial charge < -0.3 is 10.4 Å². The van der Waals surface area contributed by atoms with Crippen molar-refractivity contribution in [3.05, 3.63) is 30.0 Å². The molecule has 3 N–H and O–H groups in total. The fraction of sp³-hybridized carbons (Fsp3) is 0.357. The molecule has 6 heteroatoms. The summed E-state index contributed by atoms with van der Waals surface area (Å²) in [4.78, 5) is 23.1. The predicted octanol–water partition coefficient (Wildman–Crippen LogP) is 1.55. The molecule has 0 aliphatic heterocycles. The van der Waals surface area contributed by atoms with Gasteiger partial charge in [-0.2, -0.15) is 5.10 Å². The largest absolute Gasteiger partial charge is 0.481 e. The van der Waals surface area contributed by atoms with E-state index in [-0.39, 0.29) is 17.9 Å². The highest BCUT2D eigenvalue weighted by Crippen LogP contribution is 2.26. The van der Waals surface area contributed by atoms with E-state index in [9.17, 15) is 9.59 Å². The lowest BCUT2D eigenvalue weighted by Gasteiger charge is -2.11. The van der Waals surface area contributed by atoms with Crippen molar-refractivity contribution in [3.63, 3.8) is 0 Å². The van der Waals surface area contributed by atoms with Gasteiger partial charge in [0.15, 0.2) is 5.69 Å². The average Bonchev–Trinajstić information content (AvgIpc) is 3.04.